The van der Waals surface area contributed by atoms with E-state index >= 15 is 0 Å². The van der Waals surface area contributed by atoms with Crippen molar-refractivity contribution in [3.05, 3.63) is 18.0 Å². The summed E-state index contributed by atoms with van der Waals surface area (Å²) in [5.74, 6) is 0.119. The highest BCUT2D eigenvalue weighted by Gasteiger charge is 2.27. The number of hydrogen-bond acceptors (Lipinski definition) is 5. The molecule has 2 saturated heterocycles. The summed E-state index contributed by atoms with van der Waals surface area (Å²) in [4.78, 5) is 31.0. The van der Waals surface area contributed by atoms with Crippen molar-refractivity contribution in [2.75, 3.05) is 58.9 Å². The Hall–Kier alpha value is -1.93. The minimum atomic E-state index is -0.0339. The van der Waals surface area contributed by atoms with Crippen molar-refractivity contribution >= 4 is 11.8 Å². The maximum atomic E-state index is 12.8. The lowest BCUT2D eigenvalue weighted by Gasteiger charge is -2.35. The molecule has 3 rings (SSSR count). The second kappa shape index (κ2) is 9.32. The highest BCUT2D eigenvalue weighted by molar-refractivity contribution is 5.92. The number of aromatic nitrogens is 2. The molecule has 1 aromatic heterocycles. The third kappa shape index (κ3) is 4.87. The summed E-state index contributed by atoms with van der Waals surface area (Å²) in [5, 5.41) is 7.90. The van der Waals surface area contributed by atoms with E-state index in [-0.39, 0.29) is 11.8 Å². The van der Waals surface area contributed by atoms with Crippen LogP contribution >= 0.6 is 0 Å². The minimum Gasteiger partial charge on any atom is -0.338 e. The van der Waals surface area contributed by atoms with Crippen molar-refractivity contribution in [3.63, 3.8) is 0 Å². The zero-order chi connectivity index (χ0) is 19.2. The van der Waals surface area contributed by atoms with Crippen LogP contribution in [-0.2, 0) is 4.79 Å². The summed E-state index contributed by atoms with van der Waals surface area (Å²) in [6, 6.07) is 2.14. The van der Waals surface area contributed by atoms with Crippen LogP contribution in [0.1, 0.15) is 43.2 Å². The Labute approximate surface area is 161 Å². The fraction of sp³-hybridized carbons (Fsp3) is 0.737. The Morgan fingerprint density at radius 1 is 1.19 bits per heavy atom. The number of rotatable bonds is 6. The molecule has 8 nitrogen and oxygen atoms in total. The summed E-state index contributed by atoms with van der Waals surface area (Å²) in [6.45, 7) is 10.6. The molecule has 1 unspecified atom stereocenters. The van der Waals surface area contributed by atoms with Crippen LogP contribution in [0.3, 0.4) is 0 Å². The molecule has 1 atom stereocenters. The maximum Gasteiger partial charge on any atom is 0.274 e. The van der Waals surface area contributed by atoms with Gasteiger partial charge in [-0.05, 0) is 38.5 Å². The van der Waals surface area contributed by atoms with Crippen molar-refractivity contribution in [1.82, 2.24) is 29.8 Å². The average molecular weight is 377 g/mol. The number of carbonyl (C=O) groups is 2. The van der Waals surface area contributed by atoms with Crippen molar-refractivity contribution in [1.29, 1.82) is 0 Å². The lowest BCUT2D eigenvalue weighted by Crippen LogP contribution is -2.52. The molecule has 27 heavy (non-hydrogen) atoms. The molecule has 1 aromatic rings. The van der Waals surface area contributed by atoms with Gasteiger partial charge in [0.15, 0.2) is 0 Å². The predicted molar refractivity (Wildman–Crippen MR) is 104 cm³/mol. The van der Waals surface area contributed by atoms with Gasteiger partial charge in [-0.2, -0.15) is 5.10 Å². The molecule has 3 heterocycles. The zero-order valence-corrected chi connectivity index (χ0v) is 16.6. The van der Waals surface area contributed by atoms with E-state index < -0.39 is 0 Å². The van der Waals surface area contributed by atoms with Gasteiger partial charge in [0.1, 0.15) is 5.69 Å². The predicted octanol–water partition coefficient (Wildman–Crippen LogP) is 0.434. The number of likely N-dealkylation sites (N-methyl/N-ethyl adjacent to an activating group) is 1. The van der Waals surface area contributed by atoms with Gasteiger partial charge in [0, 0.05) is 38.9 Å². The quantitative estimate of drug-likeness (QED) is 0.780. The number of piperidine rings is 1. The third-order valence-electron chi connectivity index (χ3n) is 5.65. The van der Waals surface area contributed by atoms with Gasteiger partial charge in [0.05, 0.1) is 12.6 Å². The summed E-state index contributed by atoms with van der Waals surface area (Å²) < 4.78 is 1.92. The monoisotopic (exact) mass is 376 g/mol. The lowest BCUT2D eigenvalue weighted by atomic mass is 10.1. The Bertz CT molecular complexity index is 628. The summed E-state index contributed by atoms with van der Waals surface area (Å²) in [5.41, 5.74) is 0.503. The van der Waals surface area contributed by atoms with Crippen molar-refractivity contribution < 1.29 is 9.59 Å². The van der Waals surface area contributed by atoms with Crippen LogP contribution in [0.2, 0.25) is 0 Å². The first-order valence-corrected chi connectivity index (χ1v) is 10.2. The fourth-order valence-corrected chi connectivity index (χ4v) is 3.77. The maximum absolute atomic E-state index is 12.8. The van der Waals surface area contributed by atoms with Crippen LogP contribution in [0.15, 0.2) is 12.3 Å². The van der Waals surface area contributed by atoms with Gasteiger partial charge in [-0.3, -0.25) is 19.2 Å². The number of carbonyl (C=O) groups excluding carboxylic acids is 2. The van der Waals surface area contributed by atoms with Gasteiger partial charge in [0.25, 0.3) is 5.91 Å². The van der Waals surface area contributed by atoms with E-state index in [2.05, 4.69) is 29.2 Å². The van der Waals surface area contributed by atoms with Crippen LogP contribution in [-0.4, -0.2) is 95.2 Å². The van der Waals surface area contributed by atoms with Crippen molar-refractivity contribution in [2.45, 2.75) is 32.7 Å². The molecule has 2 aliphatic heterocycles. The van der Waals surface area contributed by atoms with Crippen LogP contribution < -0.4 is 5.32 Å². The van der Waals surface area contributed by atoms with Crippen LogP contribution in [0, 0.1) is 0 Å². The molecule has 0 aromatic carbocycles. The third-order valence-corrected chi connectivity index (χ3v) is 5.65. The zero-order valence-electron chi connectivity index (χ0n) is 16.6. The molecule has 150 valence electrons. The molecule has 1 N–H and O–H groups in total. The molecule has 2 fully saturated rings. The SMILES string of the molecule is CCN(CC)CC(=O)N1CCN(C(=O)c2ccn(C3CCCNC3)n2)CC1. The molecule has 0 radical (unpaired) electrons. The van der Waals surface area contributed by atoms with E-state index in [1.54, 1.807) is 0 Å². The van der Waals surface area contributed by atoms with Gasteiger partial charge in [-0.15, -0.1) is 0 Å². The first-order chi connectivity index (χ1) is 13.1. The molecule has 0 bridgehead atoms. The Morgan fingerprint density at radius 2 is 1.89 bits per heavy atom. The first kappa shape index (κ1) is 19.8. The Kier molecular flexibility index (Phi) is 6.84. The number of nitrogens with zero attached hydrogens (tertiary/aromatic N) is 5. The summed E-state index contributed by atoms with van der Waals surface area (Å²) in [7, 11) is 0. The van der Waals surface area contributed by atoms with E-state index in [4.69, 9.17) is 0 Å². The van der Waals surface area contributed by atoms with Gasteiger partial charge in [0.2, 0.25) is 5.91 Å². The highest BCUT2D eigenvalue weighted by Crippen LogP contribution is 2.16. The van der Waals surface area contributed by atoms with E-state index in [0.29, 0.717) is 44.5 Å². The lowest BCUT2D eigenvalue weighted by molar-refractivity contribution is -0.133. The van der Waals surface area contributed by atoms with Gasteiger partial charge in [-0.25, -0.2) is 0 Å². The van der Waals surface area contributed by atoms with Crippen LogP contribution in [0.25, 0.3) is 0 Å². The molecule has 8 heteroatoms. The van der Waals surface area contributed by atoms with Crippen molar-refractivity contribution in [3.8, 4) is 0 Å². The molecule has 2 amide bonds. The summed E-state index contributed by atoms with van der Waals surface area (Å²) in [6.07, 6.45) is 4.14. The van der Waals surface area contributed by atoms with Crippen LogP contribution in [0.5, 0.6) is 0 Å². The molecule has 0 aliphatic carbocycles. The largest absolute Gasteiger partial charge is 0.338 e. The first-order valence-electron chi connectivity index (χ1n) is 10.2. The van der Waals surface area contributed by atoms with Gasteiger partial charge < -0.3 is 15.1 Å². The molecular weight excluding hydrogens is 344 g/mol. The molecule has 0 saturated carbocycles. The van der Waals surface area contributed by atoms with Crippen molar-refractivity contribution in [2.24, 2.45) is 0 Å². The molecule has 0 spiro atoms. The number of hydrogen-bond donors (Lipinski definition) is 1. The number of amides is 2. The smallest absolute Gasteiger partial charge is 0.274 e. The Balaban J connectivity index is 1.51. The molecule has 2 aliphatic rings. The van der Waals surface area contributed by atoms with Crippen LogP contribution in [0.4, 0.5) is 0 Å². The van der Waals surface area contributed by atoms with E-state index in [1.807, 2.05) is 26.7 Å². The second-order valence-corrected chi connectivity index (χ2v) is 7.32. The second-order valence-electron chi connectivity index (χ2n) is 7.32. The molecular formula is C19H32N6O2. The van der Waals surface area contributed by atoms with E-state index in [1.165, 1.54) is 0 Å². The highest BCUT2D eigenvalue weighted by atomic mass is 16.2. The number of piperazine rings is 1. The number of nitrogens with one attached hydrogen (secondary N) is 1. The minimum absolute atomic E-state index is 0.0339. The normalized spacial score (nSPS) is 20.9. The topological polar surface area (TPSA) is 73.7 Å². The van der Waals surface area contributed by atoms with Gasteiger partial charge in [-0.1, -0.05) is 13.8 Å². The average Bonchev–Trinajstić information content (AvgIpc) is 3.22. The van der Waals surface area contributed by atoms with Gasteiger partial charge >= 0.3 is 0 Å². The van der Waals surface area contributed by atoms with E-state index in [9.17, 15) is 9.59 Å². The standard InChI is InChI=1S/C19H32N6O2/c1-3-22(4-2)15-18(26)23-10-12-24(13-11-23)19(27)17-7-9-25(21-17)16-6-5-8-20-14-16/h7,9,16,20H,3-6,8,10-15H2,1-2H3. The van der Waals surface area contributed by atoms with E-state index in [0.717, 1.165) is 39.0 Å². The summed E-state index contributed by atoms with van der Waals surface area (Å²) >= 11 is 0. The Morgan fingerprint density at radius 3 is 2.52 bits per heavy atom. The fourth-order valence-electron chi connectivity index (χ4n) is 3.77.